The second-order valence-electron chi connectivity index (χ2n) is 12.5. The molecule has 0 spiro atoms. The van der Waals surface area contributed by atoms with Crippen LogP contribution in [0.5, 0.6) is 0 Å². The Morgan fingerprint density at radius 3 is 2.33 bits per heavy atom. The number of hydroxylamine groups is 2. The van der Waals surface area contributed by atoms with Gasteiger partial charge in [-0.25, -0.2) is 23.4 Å². The molecule has 2 aromatic carbocycles. The van der Waals surface area contributed by atoms with Crippen LogP contribution in [0.4, 0.5) is 18.4 Å². The largest absolute Gasteiger partial charge is 0.444 e. The Morgan fingerprint density at radius 1 is 0.945 bits per heavy atom. The molecule has 3 atom stereocenters. The van der Waals surface area contributed by atoms with Gasteiger partial charge in [0.1, 0.15) is 28.2 Å². The Hall–Kier alpha value is -4.36. The van der Waals surface area contributed by atoms with E-state index < -0.39 is 41.0 Å². The highest BCUT2D eigenvalue weighted by molar-refractivity contribution is 8.15. The van der Waals surface area contributed by atoms with Gasteiger partial charge in [0.15, 0.2) is 6.29 Å². The smallest absolute Gasteiger partial charge is 0.407 e. The normalized spacial score (nSPS) is 16.2. The van der Waals surface area contributed by atoms with E-state index in [1.54, 1.807) is 0 Å². The number of nitrogens with one attached hydrogen (secondary N) is 3. The lowest BCUT2D eigenvalue weighted by atomic mass is 10.0. The second-order valence-corrected chi connectivity index (χ2v) is 13.7. The molecule has 3 rings (SSSR count). The number of hydrogen-bond acceptors (Lipinski definition) is 11. The molecule has 1 aliphatic heterocycles. The van der Waals surface area contributed by atoms with Gasteiger partial charge in [0, 0.05) is 52.2 Å². The summed E-state index contributed by atoms with van der Waals surface area (Å²) in [6.07, 6.45) is 1.60. The molecule has 55 heavy (non-hydrogen) atoms. The maximum absolute atomic E-state index is 14.9. The molecule has 15 nitrogen and oxygen atoms in total. The maximum atomic E-state index is 14.9. The number of carbonyl (C=O) groups is 4. The summed E-state index contributed by atoms with van der Waals surface area (Å²) < 4.78 is 44.7. The molecular formula is C37H52F2N6O9S. The Labute approximate surface area is 324 Å². The summed E-state index contributed by atoms with van der Waals surface area (Å²) >= 11 is 1.13. The van der Waals surface area contributed by atoms with Crippen LogP contribution in [-0.2, 0) is 33.5 Å². The molecule has 0 fully saturated rings. The number of aliphatic hydroxyl groups is 1. The zero-order valence-corrected chi connectivity index (χ0v) is 32.5. The molecule has 1 aliphatic rings. The van der Waals surface area contributed by atoms with Crippen LogP contribution in [-0.4, -0.2) is 111 Å². The molecule has 4 N–H and O–H groups in total. The first kappa shape index (κ1) is 45.0. The number of urea groups is 1. The number of ether oxygens (including phenoxy) is 3. The molecule has 18 heteroatoms. The van der Waals surface area contributed by atoms with E-state index in [4.69, 9.17) is 19.0 Å². The van der Waals surface area contributed by atoms with Crippen LogP contribution in [0, 0.1) is 11.6 Å². The molecule has 2 unspecified atom stereocenters. The van der Waals surface area contributed by atoms with Gasteiger partial charge in [0.2, 0.25) is 11.8 Å². The van der Waals surface area contributed by atoms with Crippen molar-refractivity contribution in [3.8, 4) is 0 Å². The van der Waals surface area contributed by atoms with Gasteiger partial charge in [0.25, 0.3) is 0 Å². The zero-order valence-electron chi connectivity index (χ0n) is 31.7. The second kappa shape index (κ2) is 23.5. The van der Waals surface area contributed by atoms with E-state index in [0.717, 1.165) is 35.0 Å². The summed E-state index contributed by atoms with van der Waals surface area (Å²) in [5.74, 6) is -1.73. The topological polar surface area (TPSA) is 180 Å². The standard InChI is InChI=1S/C37H52F2N6O9S/c1-5-28(24-46)54-33(51-3)25-53-35(49)42-22-18-32(48)40-20-11-7-10-15-31(47)41-21-12-19-37(26-13-8-6-9-14-26)45(36(50)44(2)52-4)43-34(55-37)29-23-27(38)16-17-30(29)39/h6,8-9,13-14,16-17,23,28,33,46H,5,7,10-12,15,18-22,24-25H2,1-4H3,(H,40,48)(H,41,47)(H,42,49)/t28?,33?,37-/m0/s1. The van der Waals surface area contributed by atoms with Crippen molar-refractivity contribution in [3.63, 3.8) is 0 Å². The fraction of sp³-hybridized carbons (Fsp3) is 0.541. The van der Waals surface area contributed by atoms with Crippen LogP contribution >= 0.6 is 11.8 Å². The quantitative estimate of drug-likeness (QED) is 0.0707. The molecule has 0 bridgehead atoms. The molecule has 0 aromatic heterocycles. The van der Waals surface area contributed by atoms with Crippen LogP contribution in [0.15, 0.2) is 53.6 Å². The summed E-state index contributed by atoms with van der Waals surface area (Å²) in [5.41, 5.74) is 0.626. The number of rotatable bonds is 23. The molecule has 304 valence electrons. The monoisotopic (exact) mass is 794 g/mol. The highest BCUT2D eigenvalue weighted by Gasteiger charge is 2.49. The number of amides is 5. The van der Waals surface area contributed by atoms with E-state index in [1.807, 2.05) is 37.3 Å². The Morgan fingerprint density at radius 2 is 1.65 bits per heavy atom. The minimum atomic E-state index is -1.16. The number of carbonyl (C=O) groups excluding carboxylic acids is 4. The van der Waals surface area contributed by atoms with Crippen LogP contribution < -0.4 is 16.0 Å². The summed E-state index contributed by atoms with van der Waals surface area (Å²) in [5, 5.41) is 24.2. The molecular weight excluding hydrogens is 743 g/mol. The van der Waals surface area contributed by atoms with E-state index in [2.05, 4.69) is 21.1 Å². The van der Waals surface area contributed by atoms with Gasteiger partial charge in [0.05, 0.1) is 19.8 Å². The minimum absolute atomic E-state index is 0.0539. The van der Waals surface area contributed by atoms with Gasteiger partial charge in [-0.2, -0.15) is 10.1 Å². The maximum Gasteiger partial charge on any atom is 0.407 e. The van der Waals surface area contributed by atoms with E-state index >= 15 is 0 Å². The first-order chi connectivity index (χ1) is 26.5. The van der Waals surface area contributed by atoms with Gasteiger partial charge in [-0.1, -0.05) is 55.4 Å². The highest BCUT2D eigenvalue weighted by Crippen LogP contribution is 2.51. The lowest BCUT2D eigenvalue weighted by molar-refractivity contribution is -0.181. The number of hydrazone groups is 1. The lowest BCUT2D eigenvalue weighted by Gasteiger charge is -2.37. The van der Waals surface area contributed by atoms with E-state index in [1.165, 1.54) is 26.3 Å². The van der Waals surface area contributed by atoms with Gasteiger partial charge in [-0.3, -0.25) is 14.4 Å². The average Bonchev–Trinajstić information content (AvgIpc) is 3.59. The fourth-order valence-electron chi connectivity index (χ4n) is 5.42. The van der Waals surface area contributed by atoms with Gasteiger partial charge in [-0.05, 0) is 55.9 Å². The third-order valence-electron chi connectivity index (χ3n) is 8.56. The van der Waals surface area contributed by atoms with E-state index in [-0.39, 0.29) is 55.0 Å². The third kappa shape index (κ3) is 14.0. The van der Waals surface area contributed by atoms with Gasteiger partial charge >= 0.3 is 12.1 Å². The number of nitrogens with zero attached hydrogens (tertiary/aromatic N) is 3. The van der Waals surface area contributed by atoms with Crippen LogP contribution in [0.2, 0.25) is 0 Å². The van der Waals surface area contributed by atoms with Crippen LogP contribution in [0.3, 0.4) is 0 Å². The molecule has 0 radical (unpaired) electrons. The van der Waals surface area contributed by atoms with Crippen molar-refractivity contribution in [3.05, 3.63) is 71.3 Å². The summed E-state index contributed by atoms with van der Waals surface area (Å²) in [7, 11) is 4.15. The molecule has 5 amide bonds. The van der Waals surface area contributed by atoms with E-state index in [0.29, 0.717) is 57.2 Å². The molecule has 0 saturated carbocycles. The van der Waals surface area contributed by atoms with Crippen molar-refractivity contribution in [2.45, 2.75) is 75.6 Å². The lowest BCUT2D eigenvalue weighted by Crippen LogP contribution is -2.47. The Kier molecular flexibility index (Phi) is 19.3. The number of unbranched alkanes of at least 4 members (excludes halogenated alkanes) is 2. The number of thioether (sulfide) groups is 1. The number of benzene rings is 2. The van der Waals surface area contributed by atoms with Crippen LogP contribution in [0.25, 0.3) is 0 Å². The van der Waals surface area contributed by atoms with Crippen LogP contribution in [0.1, 0.15) is 69.4 Å². The number of methoxy groups -OCH3 is 1. The van der Waals surface area contributed by atoms with Crippen molar-refractivity contribution in [2.24, 2.45) is 5.10 Å². The predicted molar refractivity (Wildman–Crippen MR) is 201 cm³/mol. The first-order valence-corrected chi connectivity index (χ1v) is 18.9. The van der Waals surface area contributed by atoms with Gasteiger partial charge in [-0.15, -0.1) is 0 Å². The third-order valence-corrected chi connectivity index (χ3v) is 10.0. The SMILES string of the molecule is CCC(CO)OC(COC(=O)NCCC(=O)NCCCCCC(=O)NCCC[C@@]1(c2ccccc2)SC(c2cc(F)ccc2F)=NN1C(=O)N(C)OC)OC. The Bertz CT molecular complexity index is 1570. The highest BCUT2D eigenvalue weighted by atomic mass is 32.2. The summed E-state index contributed by atoms with van der Waals surface area (Å²) in [6.45, 7) is 2.26. The van der Waals surface area contributed by atoms with Gasteiger partial charge < -0.3 is 35.3 Å². The first-order valence-electron chi connectivity index (χ1n) is 18.1. The van der Waals surface area contributed by atoms with Crippen molar-refractivity contribution in [1.82, 2.24) is 26.0 Å². The predicted octanol–water partition coefficient (Wildman–Crippen LogP) is 4.59. The number of alkyl carbamates (subject to hydrolysis) is 1. The van der Waals surface area contributed by atoms with E-state index in [9.17, 15) is 33.1 Å². The molecule has 2 aromatic rings. The van der Waals surface area contributed by atoms with Crippen molar-refractivity contribution >= 4 is 40.7 Å². The number of hydrogen-bond donors (Lipinski definition) is 4. The minimum Gasteiger partial charge on any atom is -0.444 e. The molecule has 1 heterocycles. The van der Waals surface area contributed by atoms with Crippen molar-refractivity contribution in [1.29, 1.82) is 0 Å². The Balaban J connectivity index is 1.40. The number of halogens is 2. The molecule has 0 aliphatic carbocycles. The average molecular weight is 795 g/mol. The summed E-state index contributed by atoms with van der Waals surface area (Å²) in [6, 6.07) is 11.5. The van der Waals surface area contributed by atoms with Crippen molar-refractivity contribution in [2.75, 3.05) is 54.1 Å². The van der Waals surface area contributed by atoms with Crippen molar-refractivity contribution < 1.29 is 52.1 Å². The summed E-state index contributed by atoms with van der Waals surface area (Å²) in [4.78, 5) is 54.2. The molecule has 0 saturated heterocycles. The fourth-order valence-corrected chi connectivity index (χ4v) is 6.84. The zero-order chi connectivity index (χ0) is 40.2. The number of aliphatic hydroxyl groups excluding tert-OH is 1.